The second kappa shape index (κ2) is 7.81. The van der Waals surface area contributed by atoms with E-state index in [1.54, 1.807) is 0 Å². The lowest BCUT2D eigenvalue weighted by Crippen LogP contribution is -2.35. The number of hydrogen-bond acceptors (Lipinski definition) is 8. The van der Waals surface area contributed by atoms with Gasteiger partial charge in [-0.1, -0.05) is 20.8 Å². The number of nitrogens with zero attached hydrogens (tertiary/aromatic N) is 3. The van der Waals surface area contributed by atoms with E-state index in [0.717, 1.165) is 6.42 Å². The number of anilines is 2. The molecule has 0 aliphatic carbocycles. The first-order valence-electron chi connectivity index (χ1n) is 6.88. The fraction of sp³-hybridized carbons (Fsp3) is 0.750. The molecule has 1 rings (SSSR count). The van der Waals surface area contributed by atoms with Gasteiger partial charge in [-0.3, -0.25) is 5.43 Å². The largest absolute Gasteiger partial charge is 0.463 e. The molecular formula is C12H24N6O2. The van der Waals surface area contributed by atoms with Gasteiger partial charge in [-0.15, -0.1) is 0 Å². The smallest absolute Gasteiger partial charge is 0.323 e. The fourth-order valence-electron chi connectivity index (χ4n) is 1.50. The normalized spacial score (nSPS) is 11.2. The van der Waals surface area contributed by atoms with E-state index >= 15 is 0 Å². The van der Waals surface area contributed by atoms with E-state index in [4.69, 9.17) is 10.6 Å². The van der Waals surface area contributed by atoms with Crippen molar-refractivity contribution < 1.29 is 9.84 Å². The number of rotatable bonds is 9. The summed E-state index contributed by atoms with van der Waals surface area (Å²) in [5.74, 6) is 5.85. The molecular weight excluding hydrogens is 260 g/mol. The zero-order valence-electron chi connectivity index (χ0n) is 12.3. The Morgan fingerprint density at radius 3 is 2.35 bits per heavy atom. The first-order chi connectivity index (χ1) is 9.56. The average molecular weight is 284 g/mol. The molecule has 0 spiro atoms. The highest BCUT2D eigenvalue weighted by atomic mass is 16.5. The molecule has 0 unspecified atom stereocenters. The van der Waals surface area contributed by atoms with Crippen molar-refractivity contribution in [1.29, 1.82) is 0 Å². The van der Waals surface area contributed by atoms with Crippen molar-refractivity contribution >= 4 is 11.9 Å². The van der Waals surface area contributed by atoms with Gasteiger partial charge in [0.15, 0.2) is 0 Å². The summed E-state index contributed by atoms with van der Waals surface area (Å²) in [5, 5.41) is 13.2. The van der Waals surface area contributed by atoms with Gasteiger partial charge in [0.1, 0.15) is 0 Å². The number of nitrogens with two attached hydrogens (primary N) is 1. The molecule has 0 aromatic carbocycles. The minimum Gasteiger partial charge on any atom is -0.463 e. The lowest BCUT2D eigenvalue weighted by atomic mass is 9.98. The Hall–Kier alpha value is -1.67. The molecule has 0 saturated carbocycles. The molecule has 1 aromatic heterocycles. The predicted molar refractivity (Wildman–Crippen MR) is 77.4 cm³/mol. The van der Waals surface area contributed by atoms with E-state index in [-0.39, 0.29) is 12.0 Å². The maximum absolute atomic E-state index is 10.2. The Kier molecular flexibility index (Phi) is 6.40. The van der Waals surface area contributed by atoms with Crippen LogP contribution < -0.4 is 21.3 Å². The first-order valence-corrected chi connectivity index (χ1v) is 6.88. The van der Waals surface area contributed by atoms with Gasteiger partial charge in [0.2, 0.25) is 11.9 Å². The summed E-state index contributed by atoms with van der Waals surface area (Å²) >= 11 is 0. The summed E-state index contributed by atoms with van der Waals surface area (Å²) < 4.78 is 5.36. The van der Waals surface area contributed by atoms with Crippen LogP contribution in [0, 0.1) is 0 Å². The summed E-state index contributed by atoms with van der Waals surface area (Å²) in [6, 6.07) is 0.203. The van der Waals surface area contributed by atoms with E-state index in [1.165, 1.54) is 0 Å². The van der Waals surface area contributed by atoms with Crippen molar-refractivity contribution in [2.45, 2.75) is 45.6 Å². The molecule has 0 saturated heterocycles. The van der Waals surface area contributed by atoms with Crippen molar-refractivity contribution in [2.24, 2.45) is 5.84 Å². The quantitative estimate of drug-likeness (QED) is 0.390. The van der Waals surface area contributed by atoms with Crippen LogP contribution >= 0.6 is 0 Å². The number of nitrogen functional groups attached to an aromatic ring is 1. The van der Waals surface area contributed by atoms with Crippen LogP contribution in [0.1, 0.15) is 40.0 Å². The summed E-state index contributed by atoms with van der Waals surface area (Å²) in [7, 11) is 0. The maximum atomic E-state index is 10.2. The van der Waals surface area contributed by atoms with Gasteiger partial charge in [0, 0.05) is 6.54 Å². The van der Waals surface area contributed by atoms with Crippen molar-refractivity contribution in [3.8, 4) is 6.01 Å². The lowest BCUT2D eigenvalue weighted by Gasteiger charge is -2.25. The number of nitrogens with one attached hydrogen (secondary N) is 2. The zero-order chi connectivity index (χ0) is 15.0. The van der Waals surface area contributed by atoms with Gasteiger partial charge in [-0.05, 0) is 19.3 Å². The highest BCUT2D eigenvalue weighted by Gasteiger charge is 2.22. The highest BCUT2D eigenvalue weighted by Crippen LogP contribution is 2.16. The maximum Gasteiger partial charge on any atom is 0.323 e. The Balaban J connectivity index is 2.77. The number of ether oxygens (including phenoxy) is 1. The van der Waals surface area contributed by atoms with Crippen LogP contribution in [0.15, 0.2) is 0 Å². The number of aromatic nitrogens is 3. The van der Waals surface area contributed by atoms with Crippen LogP contribution in [0.25, 0.3) is 0 Å². The first kappa shape index (κ1) is 16.4. The molecule has 20 heavy (non-hydrogen) atoms. The Morgan fingerprint density at radius 1 is 1.15 bits per heavy atom. The summed E-state index contributed by atoms with van der Waals surface area (Å²) in [6.45, 7) is 6.72. The third kappa shape index (κ3) is 4.78. The zero-order valence-corrected chi connectivity index (χ0v) is 12.3. The molecule has 8 nitrogen and oxygen atoms in total. The van der Waals surface area contributed by atoms with Crippen LogP contribution in [0.3, 0.4) is 0 Å². The second-order valence-electron chi connectivity index (χ2n) is 4.54. The average Bonchev–Trinajstić information content (AvgIpc) is 2.50. The standard InChI is InChI=1S/C12H24N6O2/c1-4-7-20-11-16-9(15-10(17-11)18-13)14-8-12(19,5-2)6-3/h19H,4-8,13H2,1-3H3,(H2,14,15,16,17,18). The molecule has 1 aromatic rings. The van der Waals surface area contributed by atoms with Crippen molar-refractivity contribution in [1.82, 2.24) is 15.0 Å². The van der Waals surface area contributed by atoms with E-state index in [9.17, 15) is 5.11 Å². The van der Waals surface area contributed by atoms with E-state index in [0.29, 0.717) is 31.9 Å². The fourth-order valence-corrected chi connectivity index (χ4v) is 1.50. The summed E-state index contributed by atoms with van der Waals surface area (Å²) in [4.78, 5) is 12.2. The molecule has 0 aliphatic heterocycles. The van der Waals surface area contributed by atoms with Crippen LogP contribution in [0.5, 0.6) is 6.01 Å². The van der Waals surface area contributed by atoms with Gasteiger partial charge < -0.3 is 15.2 Å². The second-order valence-corrected chi connectivity index (χ2v) is 4.54. The molecule has 0 aliphatic rings. The Bertz CT molecular complexity index is 411. The van der Waals surface area contributed by atoms with Crippen LogP contribution in [-0.2, 0) is 0 Å². The molecule has 0 atom stereocenters. The lowest BCUT2D eigenvalue weighted by molar-refractivity contribution is 0.0455. The predicted octanol–water partition coefficient (Wildman–Crippen LogP) is 0.909. The third-order valence-corrected chi connectivity index (χ3v) is 3.07. The molecule has 1 heterocycles. The molecule has 5 N–H and O–H groups in total. The highest BCUT2D eigenvalue weighted by molar-refractivity contribution is 5.35. The topological polar surface area (TPSA) is 118 Å². The van der Waals surface area contributed by atoms with Crippen molar-refractivity contribution in [2.75, 3.05) is 23.9 Å². The van der Waals surface area contributed by atoms with Crippen molar-refractivity contribution in [3.63, 3.8) is 0 Å². The SMILES string of the molecule is CCCOc1nc(NN)nc(NCC(O)(CC)CC)n1. The Morgan fingerprint density at radius 2 is 1.80 bits per heavy atom. The van der Waals surface area contributed by atoms with Crippen molar-refractivity contribution in [3.05, 3.63) is 0 Å². The van der Waals surface area contributed by atoms with Crippen LogP contribution in [0.4, 0.5) is 11.9 Å². The molecule has 8 heteroatoms. The minimum atomic E-state index is -0.784. The van der Waals surface area contributed by atoms with E-state index in [1.807, 2.05) is 20.8 Å². The van der Waals surface area contributed by atoms with Gasteiger partial charge in [0.05, 0.1) is 12.2 Å². The van der Waals surface area contributed by atoms with E-state index < -0.39 is 5.60 Å². The van der Waals surface area contributed by atoms with Gasteiger partial charge in [0.25, 0.3) is 0 Å². The van der Waals surface area contributed by atoms with Crippen LogP contribution in [-0.4, -0.2) is 38.8 Å². The third-order valence-electron chi connectivity index (χ3n) is 3.07. The number of hydrogen-bond donors (Lipinski definition) is 4. The van der Waals surface area contributed by atoms with Gasteiger partial charge in [-0.2, -0.15) is 15.0 Å². The molecule has 0 radical (unpaired) electrons. The Labute approximate surface area is 119 Å². The molecule has 0 fully saturated rings. The monoisotopic (exact) mass is 284 g/mol. The molecule has 0 amide bonds. The van der Waals surface area contributed by atoms with E-state index in [2.05, 4.69) is 25.7 Å². The van der Waals surface area contributed by atoms with Gasteiger partial charge in [-0.25, -0.2) is 5.84 Å². The summed E-state index contributed by atoms with van der Waals surface area (Å²) in [6.07, 6.45) is 2.14. The molecule has 114 valence electrons. The summed E-state index contributed by atoms with van der Waals surface area (Å²) in [5.41, 5.74) is 1.58. The number of aliphatic hydroxyl groups is 1. The molecule has 0 bridgehead atoms. The van der Waals surface area contributed by atoms with Crippen LogP contribution in [0.2, 0.25) is 0 Å². The number of hydrazine groups is 1. The minimum absolute atomic E-state index is 0.203. The van der Waals surface area contributed by atoms with Gasteiger partial charge >= 0.3 is 6.01 Å².